The van der Waals surface area contributed by atoms with Crippen molar-refractivity contribution in [1.29, 1.82) is 0 Å². The number of aryl methyl sites for hydroxylation is 4. The average molecular weight is 668 g/mol. The summed E-state index contributed by atoms with van der Waals surface area (Å²) in [6.45, 7) is 9.38. The van der Waals surface area contributed by atoms with Gasteiger partial charge < -0.3 is 10.2 Å². The number of rotatable bonds is 2. The van der Waals surface area contributed by atoms with Gasteiger partial charge in [-0.15, -0.1) is 0 Å². The highest BCUT2D eigenvalue weighted by atomic mass is 35.5. The zero-order valence-corrected chi connectivity index (χ0v) is 29.7. The molecule has 2 unspecified atom stereocenters. The van der Waals surface area contributed by atoms with Gasteiger partial charge in [0.2, 0.25) is 0 Å². The van der Waals surface area contributed by atoms with Crippen LogP contribution in [0.4, 0.5) is 0 Å². The van der Waals surface area contributed by atoms with Crippen LogP contribution < -0.4 is 5.32 Å². The molecule has 2 atom stereocenters. The van der Waals surface area contributed by atoms with E-state index >= 15 is 0 Å². The smallest absolute Gasteiger partial charge is 0.0541 e. The molecule has 47 heavy (non-hydrogen) atoms. The van der Waals surface area contributed by atoms with Crippen LogP contribution in [-0.2, 0) is 36.5 Å². The Bertz CT molecular complexity index is 1720. The van der Waals surface area contributed by atoms with E-state index in [0.29, 0.717) is 11.8 Å². The van der Waals surface area contributed by atoms with Crippen molar-refractivity contribution in [1.82, 2.24) is 20.2 Å². The Balaban J connectivity index is 0.000000150. The second-order valence-electron chi connectivity index (χ2n) is 14.6. The Labute approximate surface area is 291 Å². The summed E-state index contributed by atoms with van der Waals surface area (Å²) in [5.41, 5.74) is 11.0. The SMILES string of the molecule is CC1(C2CCNCC2)c2ccc(Cl)cc2CCc2cccnc21.CN1CCC(C2(C)c3ccc(Cl)cc3CCc3cccnc32)CC1. The molecule has 0 amide bonds. The lowest BCUT2D eigenvalue weighted by molar-refractivity contribution is 0.170. The molecule has 2 aromatic carbocycles. The molecule has 8 rings (SSSR count). The predicted molar refractivity (Wildman–Crippen MR) is 195 cm³/mol. The molecule has 0 saturated carbocycles. The molecule has 1 N–H and O–H groups in total. The summed E-state index contributed by atoms with van der Waals surface area (Å²) in [6.07, 6.45) is 13.0. The molecule has 0 bridgehead atoms. The van der Waals surface area contributed by atoms with E-state index in [1.807, 2.05) is 18.5 Å². The van der Waals surface area contributed by atoms with Crippen molar-refractivity contribution in [2.24, 2.45) is 11.8 Å². The quantitative estimate of drug-likeness (QED) is 0.233. The Morgan fingerprint density at radius 2 is 1.09 bits per heavy atom. The first-order chi connectivity index (χ1) is 22.8. The van der Waals surface area contributed by atoms with Gasteiger partial charge in [0.15, 0.2) is 0 Å². The Morgan fingerprint density at radius 1 is 0.638 bits per heavy atom. The number of piperidine rings is 2. The molecular formula is C41H48Cl2N4. The summed E-state index contributed by atoms with van der Waals surface area (Å²) >= 11 is 12.6. The van der Waals surface area contributed by atoms with Crippen molar-refractivity contribution >= 4 is 23.2 Å². The molecule has 2 saturated heterocycles. The maximum absolute atomic E-state index is 6.32. The molecule has 2 fully saturated rings. The highest BCUT2D eigenvalue weighted by molar-refractivity contribution is 6.31. The van der Waals surface area contributed by atoms with E-state index in [0.717, 1.165) is 48.8 Å². The summed E-state index contributed by atoms with van der Waals surface area (Å²) < 4.78 is 0. The lowest BCUT2D eigenvalue weighted by Gasteiger charge is -2.43. The lowest BCUT2D eigenvalue weighted by Crippen LogP contribution is -2.42. The first kappa shape index (κ1) is 32.8. The molecule has 0 radical (unpaired) electrons. The van der Waals surface area contributed by atoms with E-state index in [4.69, 9.17) is 33.2 Å². The number of aromatic nitrogens is 2. The maximum Gasteiger partial charge on any atom is 0.0541 e. The number of nitrogens with one attached hydrogen (secondary N) is 1. The number of halogens is 2. The van der Waals surface area contributed by atoms with E-state index < -0.39 is 0 Å². The summed E-state index contributed by atoms with van der Waals surface area (Å²) in [4.78, 5) is 12.2. The molecule has 4 heterocycles. The molecule has 4 aromatic rings. The minimum atomic E-state index is -0.0196. The second-order valence-corrected chi connectivity index (χ2v) is 15.5. The maximum atomic E-state index is 6.32. The summed E-state index contributed by atoms with van der Waals surface area (Å²) in [5, 5.41) is 5.19. The Hall–Kier alpha value is -2.76. The number of likely N-dealkylation sites (tertiary alicyclic amines) is 1. The van der Waals surface area contributed by atoms with Gasteiger partial charge in [-0.3, -0.25) is 9.97 Å². The molecule has 2 aromatic heterocycles. The number of benzene rings is 2. The van der Waals surface area contributed by atoms with Crippen molar-refractivity contribution in [2.45, 2.75) is 76.0 Å². The highest BCUT2D eigenvalue weighted by Crippen LogP contribution is 2.48. The van der Waals surface area contributed by atoms with Crippen molar-refractivity contribution in [3.05, 3.63) is 128 Å². The largest absolute Gasteiger partial charge is 0.317 e. The van der Waals surface area contributed by atoms with Crippen LogP contribution in [0, 0.1) is 11.8 Å². The van der Waals surface area contributed by atoms with Crippen LogP contribution in [0.25, 0.3) is 0 Å². The summed E-state index contributed by atoms with van der Waals surface area (Å²) in [5.74, 6) is 1.25. The Morgan fingerprint density at radius 3 is 1.57 bits per heavy atom. The third kappa shape index (κ3) is 6.16. The van der Waals surface area contributed by atoms with Crippen LogP contribution in [0.3, 0.4) is 0 Å². The average Bonchev–Trinajstić information content (AvgIpc) is 3.31. The second kappa shape index (κ2) is 13.6. The number of hydrogen-bond acceptors (Lipinski definition) is 4. The number of nitrogens with zero attached hydrogens (tertiary/aromatic N) is 3. The van der Waals surface area contributed by atoms with Gasteiger partial charge in [0.25, 0.3) is 0 Å². The first-order valence-electron chi connectivity index (χ1n) is 17.6. The highest BCUT2D eigenvalue weighted by Gasteiger charge is 2.44. The van der Waals surface area contributed by atoms with E-state index in [9.17, 15) is 0 Å². The molecule has 2 aliphatic carbocycles. The van der Waals surface area contributed by atoms with Gasteiger partial charge in [-0.05, 0) is 180 Å². The molecule has 6 heteroatoms. The van der Waals surface area contributed by atoms with Crippen LogP contribution in [0.1, 0.15) is 84.3 Å². The fourth-order valence-electron chi connectivity index (χ4n) is 9.37. The van der Waals surface area contributed by atoms with E-state index in [2.05, 4.69) is 85.7 Å². The lowest BCUT2D eigenvalue weighted by atomic mass is 9.64. The van der Waals surface area contributed by atoms with Crippen LogP contribution in [0.2, 0.25) is 10.0 Å². The van der Waals surface area contributed by atoms with E-state index in [-0.39, 0.29) is 10.8 Å². The van der Waals surface area contributed by atoms with Crippen molar-refractivity contribution < 1.29 is 0 Å². The van der Waals surface area contributed by atoms with Gasteiger partial charge in [0.05, 0.1) is 11.4 Å². The standard InChI is InChI=1S/C21H25ClN2.C20H23ClN2/c1-21(17-9-12-24(2)13-10-17)19-8-7-18(22)14-16(19)6-5-15-4-3-11-23-20(15)21;1-20(16-8-11-22-12-9-16)18-7-6-17(21)13-15(18)5-4-14-3-2-10-23-19(14)20/h3-4,7-8,11,14,17H,5-6,9-10,12-13H2,1-2H3;2-3,6-7,10,13,16,22H,4-5,8-9,11-12H2,1H3. The molecule has 246 valence electrons. The van der Waals surface area contributed by atoms with Crippen molar-refractivity contribution in [2.75, 3.05) is 33.2 Å². The zero-order chi connectivity index (χ0) is 32.6. The zero-order valence-electron chi connectivity index (χ0n) is 28.2. The normalized spacial score (nSPS) is 24.8. The predicted octanol–water partition coefficient (Wildman–Crippen LogP) is 8.62. The minimum absolute atomic E-state index is 0.0187. The topological polar surface area (TPSA) is 41.1 Å². The number of fused-ring (bicyclic) bond motifs is 4. The molecule has 4 aliphatic rings. The van der Waals surface area contributed by atoms with Crippen molar-refractivity contribution in [3.8, 4) is 0 Å². The number of hydrogen-bond donors (Lipinski definition) is 1. The third-order valence-corrected chi connectivity index (χ3v) is 12.5. The van der Waals surface area contributed by atoms with Crippen LogP contribution >= 0.6 is 23.2 Å². The van der Waals surface area contributed by atoms with E-state index in [1.54, 1.807) is 0 Å². The summed E-state index contributed by atoms with van der Waals surface area (Å²) in [6, 6.07) is 21.6. The van der Waals surface area contributed by atoms with Gasteiger partial charge in [-0.25, -0.2) is 0 Å². The van der Waals surface area contributed by atoms with Crippen LogP contribution in [-0.4, -0.2) is 48.1 Å². The minimum Gasteiger partial charge on any atom is -0.317 e. The first-order valence-corrected chi connectivity index (χ1v) is 18.4. The van der Waals surface area contributed by atoms with Crippen LogP contribution in [0.5, 0.6) is 0 Å². The van der Waals surface area contributed by atoms with Crippen molar-refractivity contribution in [3.63, 3.8) is 0 Å². The summed E-state index contributed by atoms with van der Waals surface area (Å²) in [7, 11) is 2.23. The third-order valence-electron chi connectivity index (χ3n) is 12.0. The monoisotopic (exact) mass is 666 g/mol. The number of pyridine rings is 2. The molecule has 2 aliphatic heterocycles. The Kier molecular flexibility index (Phi) is 9.50. The molecular weight excluding hydrogens is 619 g/mol. The van der Waals surface area contributed by atoms with Gasteiger partial charge in [-0.1, -0.05) is 47.5 Å². The molecule has 4 nitrogen and oxygen atoms in total. The van der Waals surface area contributed by atoms with Gasteiger partial charge in [0, 0.05) is 33.3 Å². The van der Waals surface area contributed by atoms with Gasteiger partial charge in [-0.2, -0.15) is 0 Å². The van der Waals surface area contributed by atoms with E-state index in [1.165, 1.54) is 83.5 Å². The molecule has 0 spiro atoms. The fourth-order valence-corrected chi connectivity index (χ4v) is 9.76. The van der Waals surface area contributed by atoms with Crippen LogP contribution in [0.15, 0.2) is 73.1 Å². The van der Waals surface area contributed by atoms with Gasteiger partial charge in [0.1, 0.15) is 0 Å². The fraction of sp³-hybridized carbons (Fsp3) is 0.463. The van der Waals surface area contributed by atoms with Gasteiger partial charge >= 0.3 is 0 Å².